The summed E-state index contributed by atoms with van der Waals surface area (Å²) < 4.78 is 28.2. The van der Waals surface area contributed by atoms with Crippen molar-refractivity contribution in [3.63, 3.8) is 0 Å². The SMILES string of the molecule is CC(=O)c1ccc(S(=O)(=O)NC2CCC(C(=O)N3CCN(C4CCCC4)CC3)CC2)cc1. The third-order valence-corrected chi connectivity index (χ3v) is 8.97. The Labute approximate surface area is 191 Å². The van der Waals surface area contributed by atoms with E-state index < -0.39 is 10.0 Å². The Morgan fingerprint density at radius 3 is 2.03 bits per heavy atom. The van der Waals surface area contributed by atoms with Gasteiger partial charge >= 0.3 is 0 Å². The predicted molar refractivity (Wildman–Crippen MR) is 123 cm³/mol. The monoisotopic (exact) mass is 461 g/mol. The van der Waals surface area contributed by atoms with E-state index in [0.717, 1.165) is 45.1 Å². The summed E-state index contributed by atoms with van der Waals surface area (Å²) in [5.41, 5.74) is 0.493. The van der Waals surface area contributed by atoms with Gasteiger partial charge in [0.25, 0.3) is 0 Å². The quantitative estimate of drug-likeness (QED) is 0.659. The molecule has 1 saturated heterocycles. The van der Waals surface area contributed by atoms with Crippen LogP contribution in [0.15, 0.2) is 29.2 Å². The number of sulfonamides is 1. The number of carbonyl (C=O) groups excluding carboxylic acids is 2. The van der Waals surface area contributed by atoms with E-state index >= 15 is 0 Å². The summed E-state index contributed by atoms with van der Waals surface area (Å²) >= 11 is 0. The zero-order chi connectivity index (χ0) is 22.7. The summed E-state index contributed by atoms with van der Waals surface area (Å²) in [6, 6.07) is 6.58. The van der Waals surface area contributed by atoms with Crippen LogP contribution in [0.5, 0.6) is 0 Å². The van der Waals surface area contributed by atoms with Gasteiger partial charge in [-0.05, 0) is 57.6 Å². The Morgan fingerprint density at radius 2 is 1.47 bits per heavy atom. The van der Waals surface area contributed by atoms with Gasteiger partial charge in [0.2, 0.25) is 15.9 Å². The maximum Gasteiger partial charge on any atom is 0.240 e. The van der Waals surface area contributed by atoms with Gasteiger partial charge in [-0.1, -0.05) is 25.0 Å². The molecule has 7 nitrogen and oxygen atoms in total. The number of nitrogens with zero attached hydrogens (tertiary/aromatic N) is 2. The van der Waals surface area contributed by atoms with Crippen LogP contribution in [-0.2, 0) is 14.8 Å². The van der Waals surface area contributed by atoms with Gasteiger partial charge in [-0.15, -0.1) is 0 Å². The lowest BCUT2D eigenvalue weighted by molar-refractivity contribution is -0.138. The first-order valence-electron chi connectivity index (χ1n) is 12.0. The van der Waals surface area contributed by atoms with E-state index in [-0.39, 0.29) is 28.5 Å². The minimum atomic E-state index is -3.64. The molecule has 1 heterocycles. The van der Waals surface area contributed by atoms with Crippen molar-refractivity contribution in [2.24, 2.45) is 5.92 Å². The third-order valence-electron chi connectivity index (χ3n) is 7.44. The van der Waals surface area contributed by atoms with Crippen molar-refractivity contribution in [2.45, 2.75) is 75.3 Å². The number of Topliss-reactive ketones (excluding diaryl/α,β-unsaturated/α-hetero) is 1. The third kappa shape index (κ3) is 5.41. The molecule has 0 bridgehead atoms. The first-order valence-corrected chi connectivity index (χ1v) is 13.5. The highest BCUT2D eigenvalue weighted by Crippen LogP contribution is 2.29. The molecule has 3 fully saturated rings. The summed E-state index contributed by atoms with van der Waals surface area (Å²) in [7, 11) is -3.64. The van der Waals surface area contributed by atoms with Crippen LogP contribution in [0.2, 0.25) is 0 Å². The normalized spacial score (nSPS) is 25.7. The molecule has 0 radical (unpaired) electrons. The van der Waals surface area contributed by atoms with E-state index in [4.69, 9.17) is 0 Å². The maximum absolute atomic E-state index is 13.0. The summed E-state index contributed by atoms with van der Waals surface area (Å²) in [4.78, 5) is 29.2. The Hall–Kier alpha value is -1.77. The lowest BCUT2D eigenvalue weighted by atomic mass is 9.85. The Bertz CT molecular complexity index is 909. The summed E-state index contributed by atoms with van der Waals surface area (Å²) in [6.45, 7) is 5.05. The first-order chi connectivity index (χ1) is 15.3. The molecule has 0 unspecified atom stereocenters. The van der Waals surface area contributed by atoms with Gasteiger partial charge in [0.05, 0.1) is 4.90 Å². The average Bonchev–Trinajstić information content (AvgIpc) is 3.34. The highest BCUT2D eigenvalue weighted by Gasteiger charge is 2.34. The van der Waals surface area contributed by atoms with E-state index in [0.29, 0.717) is 18.4 Å². The van der Waals surface area contributed by atoms with E-state index in [1.807, 2.05) is 4.90 Å². The standard InChI is InChI=1S/C24H35N3O4S/c1-18(28)19-8-12-23(13-9-19)32(30,31)25-21-10-6-20(7-11-21)24(29)27-16-14-26(15-17-27)22-4-2-3-5-22/h8-9,12-13,20-22,25H,2-7,10-11,14-17H2,1H3. The second kappa shape index (κ2) is 10.0. The van der Waals surface area contributed by atoms with Gasteiger partial charge in [-0.25, -0.2) is 13.1 Å². The van der Waals surface area contributed by atoms with Gasteiger partial charge in [0.1, 0.15) is 0 Å². The number of ketones is 1. The Kier molecular flexibility index (Phi) is 7.32. The molecule has 1 N–H and O–H groups in total. The van der Waals surface area contributed by atoms with Crippen molar-refractivity contribution < 1.29 is 18.0 Å². The van der Waals surface area contributed by atoms with Crippen LogP contribution >= 0.6 is 0 Å². The van der Waals surface area contributed by atoms with E-state index in [1.165, 1.54) is 44.7 Å². The number of amides is 1. The largest absolute Gasteiger partial charge is 0.340 e. The van der Waals surface area contributed by atoms with Crippen molar-refractivity contribution in [1.29, 1.82) is 0 Å². The van der Waals surface area contributed by atoms with Crippen molar-refractivity contribution >= 4 is 21.7 Å². The maximum atomic E-state index is 13.0. The van der Waals surface area contributed by atoms with Crippen molar-refractivity contribution in [3.8, 4) is 0 Å². The molecule has 3 aliphatic rings. The molecule has 1 amide bonds. The summed E-state index contributed by atoms with van der Waals surface area (Å²) in [6.07, 6.45) is 8.05. The molecular formula is C24H35N3O4S. The molecule has 32 heavy (non-hydrogen) atoms. The van der Waals surface area contributed by atoms with Crippen LogP contribution in [0.1, 0.15) is 68.6 Å². The van der Waals surface area contributed by atoms with Crippen LogP contribution in [0.3, 0.4) is 0 Å². The fourth-order valence-electron chi connectivity index (χ4n) is 5.45. The fourth-order valence-corrected chi connectivity index (χ4v) is 6.75. The zero-order valence-electron chi connectivity index (χ0n) is 19.0. The molecular weight excluding hydrogens is 426 g/mol. The van der Waals surface area contributed by atoms with Crippen molar-refractivity contribution in [2.75, 3.05) is 26.2 Å². The Balaban J connectivity index is 1.25. The number of benzene rings is 1. The van der Waals surface area contributed by atoms with Gasteiger partial charge in [-0.2, -0.15) is 0 Å². The fraction of sp³-hybridized carbons (Fsp3) is 0.667. The molecule has 1 aliphatic heterocycles. The number of hydrogen-bond donors (Lipinski definition) is 1. The van der Waals surface area contributed by atoms with Crippen LogP contribution in [0, 0.1) is 5.92 Å². The van der Waals surface area contributed by atoms with E-state index in [1.54, 1.807) is 12.1 Å². The van der Waals surface area contributed by atoms with Crippen LogP contribution in [0.4, 0.5) is 0 Å². The predicted octanol–water partition coefficient (Wildman–Crippen LogP) is 2.81. The summed E-state index contributed by atoms with van der Waals surface area (Å²) in [5, 5.41) is 0. The smallest absolute Gasteiger partial charge is 0.240 e. The number of piperazine rings is 1. The lowest BCUT2D eigenvalue weighted by Gasteiger charge is -2.40. The number of nitrogens with one attached hydrogen (secondary N) is 1. The molecule has 2 saturated carbocycles. The van der Waals surface area contributed by atoms with E-state index in [9.17, 15) is 18.0 Å². The van der Waals surface area contributed by atoms with Gasteiger partial charge in [-0.3, -0.25) is 14.5 Å². The molecule has 2 aliphatic carbocycles. The first kappa shape index (κ1) is 23.4. The van der Waals surface area contributed by atoms with Gasteiger partial charge in [0, 0.05) is 49.7 Å². The van der Waals surface area contributed by atoms with Gasteiger partial charge < -0.3 is 4.90 Å². The number of rotatable bonds is 6. The minimum Gasteiger partial charge on any atom is -0.340 e. The highest BCUT2D eigenvalue weighted by atomic mass is 32.2. The van der Waals surface area contributed by atoms with Crippen molar-refractivity contribution in [1.82, 2.24) is 14.5 Å². The van der Waals surface area contributed by atoms with Crippen LogP contribution in [-0.4, -0.2) is 68.2 Å². The zero-order valence-corrected chi connectivity index (χ0v) is 19.8. The molecule has 8 heteroatoms. The second-order valence-corrected chi connectivity index (χ2v) is 11.3. The lowest BCUT2D eigenvalue weighted by Crippen LogP contribution is -2.53. The van der Waals surface area contributed by atoms with E-state index in [2.05, 4.69) is 9.62 Å². The number of carbonyl (C=O) groups is 2. The van der Waals surface area contributed by atoms with Crippen LogP contribution in [0.25, 0.3) is 0 Å². The minimum absolute atomic E-state index is 0.00337. The molecule has 0 atom stereocenters. The molecule has 0 aromatic heterocycles. The summed E-state index contributed by atoms with van der Waals surface area (Å²) in [5.74, 6) is 0.158. The van der Waals surface area contributed by atoms with Crippen LogP contribution < -0.4 is 4.72 Å². The molecule has 0 spiro atoms. The number of hydrogen-bond acceptors (Lipinski definition) is 5. The molecule has 176 valence electrons. The second-order valence-electron chi connectivity index (χ2n) is 9.55. The molecule has 1 aromatic rings. The highest BCUT2D eigenvalue weighted by molar-refractivity contribution is 7.89. The average molecular weight is 462 g/mol. The van der Waals surface area contributed by atoms with Crippen molar-refractivity contribution in [3.05, 3.63) is 29.8 Å². The Morgan fingerprint density at radius 1 is 0.875 bits per heavy atom. The molecule has 4 rings (SSSR count). The molecule has 1 aromatic carbocycles. The van der Waals surface area contributed by atoms with Gasteiger partial charge in [0.15, 0.2) is 5.78 Å². The topological polar surface area (TPSA) is 86.8 Å².